The van der Waals surface area contributed by atoms with Gasteiger partial charge in [-0.1, -0.05) is 48.5 Å². The summed E-state index contributed by atoms with van der Waals surface area (Å²) in [7, 11) is 2.54. The number of benzene rings is 3. The van der Waals surface area contributed by atoms with E-state index in [1.165, 1.54) is 26.4 Å². The molecule has 8 nitrogen and oxygen atoms in total. The number of ether oxygens (including phenoxy) is 2. The Bertz CT molecular complexity index is 1890. The number of carbonyl (C=O) groups is 3. The van der Waals surface area contributed by atoms with Crippen LogP contribution in [0.4, 0.5) is 0 Å². The SMILES string of the molecule is COC(=O)C1=C(c2c(/C(=C\c3ccc(O)cc3)C(=O)OC)[nH]c3ccccc23)C(=O)c2[nH]c3ccccc3c21. The second-order valence-electron chi connectivity index (χ2n) is 9.05. The lowest BCUT2D eigenvalue weighted by atomic mass is 9.93. The molecule has 8 heteroatoms. The van der Waals surface area contributed by atoms with E-state index in [0.717, 1.165) is 5.52 Å². The number of allylic oxidation sites excluding steroid dienone is 1. The summed E-state index contributed by atoms with van der Waals surface area (Å²) in [4.78, 5) is 47.0. The molecule has 0 radical (unpaired) electrons. The van der Waals surface area contributed by atoms with Crippen molar-refractivity contribution in [2.75, 3.05) is 14.2 Å². The molecule has 0 atom stereocenters. The molecular formula is C31H22N2O6. The summed E-state index contributed by atoms with van der Waals surface area (Å²) in [6.45, 7) is 0. The molecule has 2 aromatic heterocycles. The van der Waals surface area contributed by atoms with Gasteiger partial charge >= 0.3 is 11.9 Å². The molecule has 3 aromatic carbocycles. The van der Waals surface area contributed by atoms with Gasteiger partial charge < -0.3 is 24.5 Å². The second kappa shape index (κ2) is 9.18. The number of esters is 2. The normalized spacial score (nSPS) is 13.3. The standard InChI is InChI=1S/C31H22N2O6/c1-38-30(36)20(15-16-11-13-17(34)14-12-16)27-23(18-7-3-5-9-21(18)32-27)25-26(31(37)39-2)24-19-8-4-6-10-22(19)33-28(24)29(25)35/h3-15,32-34H,1-2H3/b20-15+. The number of rotatable bonds is 5. The molecule has 0 fully saturated rings. The van der Waals surface area contributed by atoms with E-state index in [2.05, 4.69) is 9.97 Å². The van der Waals surface area contributed by atoms with Gasteiger partial charge in [-0.2, -0.15) is 0 Å². The maximum atomic E-state index is 14.1. The van der Waals surface area contributed by atoms with Gasteiger partial charge in [-0.05, 0) is 35.9 Å². The van der Waals surface area contributed by atoms with E-state index >= 15 is 0 Å². The van der Waals surface area contributed by atoms with Gasteiger partial charge in [-0.25, -0.2) is 9.59 Å². The molecule has 0 spiro atoms. The molecule has 192 valence electrons. The second-order valence-corrected chi connectivity index (χ2v) is 9.05. The van der Waals surface area contributed by atoms with Crippen molar-refractivity contribution in [1.29, 1.82) is 0 Å². The third-order valence-corrected chi connectivity index (χ3v) is 6.88. The number of aromatic amines is 2. The smallest absolute Gasteiger partial charge is 0.340 e. The van der Waals surface area contributed by atoms with Crippen molar-refractivity contribution < 1.29 is 29.0 Å². The van der Waals surface area contributed by atoms with Gasteiger partial charge in [-0.15, -0.1) is 0 Å². The van der Waals surface area contributed by atoms with Crippen LogP contribution in [0.5, 0.6) is 5.75 Å². The number of ketones is 1. The summed E-state index contributed by atoms with van der Waals surface area (Å²) in [5.74, 6) is -1.62. The lowest BCUT2D eigenvalue weighted by molar-refractivity contribution is -0.134. The van der Waals surface area contributed by atoms with Crippen LogP contribution in [0.1, 0.15) is 32.9 Å². The first-order chi connectivity index (χ1) is 18.9. The van der Waals surface area contributed by atoms with Crippen LogP contribution in [0.3, 0.4) is 0 Å². The van der Waals surface area contributed by atoms with Gasteiger partial charge in [0.1, 0.15) is 5.75 Å². The lowest BCUT2D eigenvalue weighted by Gasteiger charge is -2.11. The number of hydrogen-bond donors (Lipinski definition) is 3. The van der Waals surface area contributed by atoms with Crippen LogP contribution in [0.25, 0.3) is 44.6 Å². The monoisotopic (exact) mass is 518 g/mol. The highest BCUT2D eigenvalue weighted by molar-refractivity contribution is 6.51. The Morgan fingerprint density at radius 3 is 2.05 bits per heavy atom. The minimum Gasteiger partial charge on any atom is -0.508 e. The lowest BCUT2D eigenvalue weighted by Crippen LogP contribution is -2.10. The molecule has 2 heterocycles. The number of aromatic nitrogens is 2. The molecule has 1 aliphatic rings. The van der Waals surface area contributed by atoms with Crippen molar-refractivity contribution in [1.82, 2.24) is 9.97 Å². The van der Waals surface area contributed by atoms with Crippen molar-refractivity contribution >= 4 is 62.3 Å². The van der Waals surface area contributed by atoms with E-state index in [9.17, 15) is 19.5 Å². The first kappa shape index (κ1) is 24.0. The zero-order valence-electron chi connectivity index (χ0n) is 21.0. The van der Waals surface area contributed by atoms with Gasteiger partial charge in [0, 0.05) is 38.5 Å². The minimum absolute atomic E-state index is 0.0795. The molecule has 0 bridgehead atoms. The average molecular weight is 519 g/mol. The molecule has 0 unspecified atom stereocenters. The molecule has 0 amide bonds. The van der Waals surface area contributed by atoms with Crippen LogP contribution in [0.15, 0.2) is 72.8 Å². The zero-order chi connectivity index (χ0) is 27.3. The van der Waals surface area contributed by atoms with Crippen LogP contribution in [0.2, 0.25) is 0 Å². The van der Waals surface area contributed by atoms with Crippen LogP contribution >= 0.6 is 0 Å². The van der Waals surface area contributed by atoms with Crippen LogP contribution in [0, 0.1) is 0 Å². The van der Waals surface area contributed by atoms with Crippen molar-refractivity contribution in [2.45, 2.75) is 0 Å². The fourth-order valence-electron chi connectivity index (χ4n) is 5.16. The molecule has 1 aliphatic carbocycles. The number of nitrogens with one attached hydrogen (secondary N) is 2. The highest BCUT2D eigenvalue weighted by Gasteiger charge is 2.40. The van der Waals surface area contributed by atoms with Crippen molar-refractivity contribution in [3.8, 4) is 5.75 Å². The van der Waals surface area contributed by atoms with Gasteiger partial charge in [0.15, 0.2) is 0 Å². The van der Waals surface area contributed by atoms with E-state index < -0.39 is 11.9 Å². The number of phenols is 1. The third-order valence-electron chi connectivity index (χ3n) is 6.88. The molecule has 5 aromatic rings. The fraction of sp³-hybridized carbons (Fsp3) is 0.0645. The summed E-state index contributed by atoms with van der Waals surface area (Å²) in [5.41, 5.74) is 3.84. The van der Waals surface area contributed by atoms with Crippen LogP contribution < -0.4 is 0 Å². The molecule has 39 heavy (non-hydrogen) atoms. The average Bonchev–Trinajstić information content (AvgIpc) is 3.61. The largest absolute Gasteiger partial charge is 0.508 e. The summed E-state index contributed by atoms with van der Waals surface area (Å²) in [5, 5.41) is 11.1. The Hall–Kier alpha value is -5.37. The van der Waals surface area contributed by atoms with Crippen molar-refractivity contribution in [3.05, 3.63) is 101 Å². The summed E-state index contributed by atoms with van der Waals surface area (Å²) >= 11 is 0. The summed E-state index contributed by atoms with van der Waals surface area (Å²) in [6, 6.07) is 20.9. The number of methoxy groups -OCH3 is 2. The quantitative estimate of drug-likeness (QED) is 0.213. The van der Waals surface area contributed by atoms with E-state index in [0.29, 0.717) is 38.7 Å². The Morgan fingerprint density at radius 2 is 1.41 bits per heavy atom. The van der Waals surface area contributed by atoms with E-state index in [-0.39, 0.29) is 33.9 Å². The van der Waals surface area contributed by atoms with Crippen LogP contribution in [-0.4, -0.2) is 47.0 Å². The predicted octanol–water partition coefficient (Wildman–Crippen LogP) is 5.35. The van der Waals surface area contributed by atoms with Crippen LogP contribution in [-0.2, 0) is 19.1 Å². The summed E-state index contributed by atoms with van der Waals surface area (Å²) in [6.07, 6.45) is 1.60. The number of aromatic hydroxyl groups is 1. The highest BCUT2D eigenvalue weighted by Crippen LogP contribution is 2.46. The van der Waals surface area contributed by atoms with Gasteiger partial charge in [-0.3, -0.25) is 4.79 Å². The molecule has 0 saturated heterocycles. The van der Waals surface area contributed by atoms with Crippen molar-refractivity contribution in [2.24, 2.45) is 0 Å². The Balaban J connectivity index is 1.71. The number of hydrogen-bond acceptors (Lipinski definition) is 6. The molecule has 6 rings (SSSR count). The van der Waals surface area contributed by atoms with Gasteiger partial charge in [0.2, 0.25) is 5.78 Å². The Labute approximate surface area is 222 Å². The minimum atomic E-state index is -0.666. The number of fused-ring (bicyclic) bond motifs is 4. The van der Waals surface area contributed by atoms with Crippen molar-refractivity contribution in [3.63, 3.8) is 0 Å². The molecule has 0 saturated carbocycles. The van der Waals surface area contributed by atoms with E-state index in [1.54, 1.807) is 18.2 Å². The number of H-pyrrole nitrogens is 2. The van der Waals surface area contributed by atoms with E-state index in [1.807, 2.05) is 48.5 Å². The topological polar surface area (TPSA) is 121 Å². The first-order valence-electron chi connectivity index (χ1n) is 12.1. The first-order valence-corrected chi connectivity index (χ1v) is 12.1. The number of Topliss-reactive ketones (excluding diaryl/α,β-unsaturated/α-hetero) is 1. The zero-order valence-corrected chi connectivity index (χ0v) is 21.0. The maximum Gasteiger partial charge on any atom is 0.340 e. The predicted molar refractivity (Wildman–Crippen MR) is 148 cm³/mol. The number of para-hydroxylation sites is 2. The Morgan fingerprint density at radius 1 is 0.795 bits per heavy atom. The maximum absolute atomic E-state index is 14.1. The Kier molecular flexibility index (Phi) is 5.65. The highest BCUT2D eigenvalue weighted by atomic mass is 16.5. The van der Waals surface area contributed by atoms with Gasteiger partial charge in [0.05, 0.1) is 36.8 Å². The molecule has 0 aliphatic heterocycles. The fourth-order valence-corrected chi connectivity index (χ4v) is 5.16. The summed E-state index contributed by atoms with van der Waals surface area (Å²) < 4.78 is 10.3. The number of carbonyl (C=O) groups excluding carboxylic acids is 3. The third kappa shape index (κ3) is 3.73. The molecular weight excluding hydrogens is 496 g/mol. The van der Waals surface area contributed by atoms with E-state index in [4.69, 9.17) is 9.47 Å². The number of phenolic OH excluding ortho intramolecular Hbond substituents is 1. The molecule has 3 N–H and O–H groups in total. The van der Waals surface area contributed by atoms with Gasteiger partial charge in [0.25, 0.3) is 0 Å².